The Labute approximate surface area is 164 Å². The van der Waals surface area contributed by atoms with Crippen molar-refractivity contribution < 1.29 is 15.0 Å². The molecule has 1 unspecified atom stereocenters. The molecule has 2 aromatic rings. The van der Waals surface area contributed by atoms with Gasteiger partial charge < -0.3 is 25.3 Å². The fraction of sp³-hybridized carbons (Fsp3) is 0.450. The lowest BCUT2D eigenvalue weighted by atomic mass is 10.1. The summed E-state index contributed by atoms with van der Waals surface area (Å²) in [6, 6.07) is 10.5. The van der Waals surface area contributed by atoms with Gasteiger partial charge in [0.15, 0.2) is 0 Å². The average Bonchev–Trinajstić information content (AvgIpc) is 3.12. The van der Waals surface area contributed by atoms with E-state index in [0.29, 0.717) is 12.5 Å². The van der Waals surface area contributed by atoms with E-state index in [1.807, 2.05) is 6.07 Å². The molecule has 0 radical (unpaired) electrons. The number of piperidine rings is 1. The zero-order valence-corrected chi connectivity index (χ0v) is 15.9. The number of rotatable bonds is 5. The number of carbonyl (C=O) groups is 1. The molecule has 0 saturated carbocycles. The van der Waals surface area contributed by atoms with Gasteiger partial charge in [0.1, 0.15) is 5.82 Å². The van der Waals surface area contributed by atoms with Gasteiger partial charge in [0.25, 0.3) is 6.47 Å². The summed E-state index contributed by atoms with van der Waals surface area (Å²) in [4.78, 5) is 21.9. The molecule has 1 aromatic heterocycles. The second kappa shape index (κ2) is 9.89. The smallest absolute Gasteiger partial charge is 0.290 e. The van der Waals surface area contributed by atoms with E-state index in [0.717, 1.165) is 51.3 Å². The second-order valence-electron chi connectivity index (χ2n) is 6.88. The minimum absolute atomic E-state index is 0.250. The molecule has 1 atom stereocenters. The maximum atomic E-state index is 9.85. The molecule has 8 nitrogen and oxygen atoms in total. The van der Waals surface area contributed by atoms with E-state index in [2.05, 4.69) is 49.4 Å². The molecular formula is C20H27N5O3. The molecule has 1 aromatic carbocycles. The topological polar surface area (TPSA) is 102 Å². The van der Waals surface area contributed by atoms with Gasteiger partial charge in [-0.05, 0) is 37.0 Å². The Hall–Kier alpha value is -2.87. The van der Waals surface area contributed by atoms with Crippen LogP contribution in [0.2, 0.25) is 0 Å². The molecule has 0 bridgehead atoms. The van der Waals surface area contributed by atoms with Crippen molar-refractivity contribution in [2.45, 2.75) is 25.4 Å². The van der Waals surface area contributed by atoms with Gasteiger partial charge >= 0.3 is 0 Å². The van der Waals surface area contributed by atoms with Crippen LogP contribution in [0.5, 0.6) is 0 Å². The van der Waals surface area contributed by atoms with Crippen LogP contribution in [-0.2, 0) is 11.2 Å². The Bertz CT molecular complexity index is 773. The normalized spacial score (nSPS) is 18.1. The third kappa shape index (κ3) is 5.10. The number of nitrogens with one attached hydrogen (secondary N) is 1. The second-order valence-corrected chi connectivity index (χ2v) is 6.88. The largest absolute Gasteiger partial charge is 0.483 e. The van der Waals surface area contributed by atoms with Gasteiger partial charge in [-0.25, -0.2) is 4.98 Å². The molecule has 1 fully saturated rings. The minimum Gasteiger partial charge on any atom is -0.483 e. The monoisotopic (exact) mass is 385 g/mol. The van der Waals surface area contributed by atoms with E-state index in [4.69, 9.17) is 9.90 Å². The molecular weight excluding hydrogens is 358 g/mol. The van der Waals surface area contributed by atoms with Gasteiger partial charge in [-0.1, -0.05) is 18.2 Å². The Morgan fingerprint density at radius 2 is 2.07 bits per heavy atom. The number of hydrogen-bond acceptors (Lipinski definition) is 7. The van der Waals surface area contributed by atoms with E-state index in [-0.39, 0.29) is 12.6 Å². The van der Waals surface area contributed by atoms with Crippen LogP contribution in [0, 0.1) is 0 Å². The van der Waals surface area contributed by atoms with Crippen LogP contribution in [-0.4, -0.2) is 65.5 Å². The van der Waals surface area contributed by atoms with Gasteiger partial charge in [0.05, 0.1) is 6.10 Å². The van der Waals surface area contributed by atoms with Crippen LogP contribution in [0.15, 0.2) is 36.5 Å². The summed E-state index contributed by atoms with van der Waals surface area (Å²) < 4.78 is 0. The molecule has 2 aliphatic heterocycles. The zero-order chi connectivity index (χ0) is 19.8. The molecule has 1 saturated heterocycles. The summed E-state index contributed by atoms with van der Waals surface area (Å²) in [5.74, 6) is 1.55. The Morgan fingerprint density at radius 3 is 2.89 bits per heavy atom. The maximum Gasteiger partial charge on any atom is 0.290 e. The van der Waals surface area contributed by atoms with Crippen LogP contribution >= 0.6 is 0 Å². The van der Waals surface area contributed by atoms with E-state index in [9.17, 15) is 5.11 Å². The number of nitrogens with zero attached hydrogens (tertiary/aromatic N) is 4. The van der Waals surface area contributed by atoms with Crippen molar-refractivity contribution in [1.82, 2.24) is 9.97 Å². The zero-order valence-electron chi connectivity index (χ0n) is 15.9. The van der Waals surface area contributed by atoms with E-state index < -0.39 is 0 Å². The van der Waals surface area contributed by atoms with Crippen molar-refractivity contribution in [2.24, 2.45) is 0 Å². The first-order valence-electron chi connectivity index (χ1n) is 9.62. The first-order valence-corrected chi connectivity index (χ1v) is 9.62. The van der Waals surface area contributed by atoms with E-state index >= 15 is 0 Å². The molecule has 4 rings (SSSR count). The molecule has 0 aliphatic carbocycles. The summed E-state index contributed by atoms with van der Waals surface area (Å²) in [6.45, 7) is 4.17. The van der Waals surface area contributed by atoms with Crippen molar-refractivity contribution in [1.29, 1.82) is 0 Å². The Morgan fingerprint density at radius 1 is 1.25 bits per heavy atom. The van der Waals surface area contributed by atoms with Crippen molar-refractivity contribution in [2.75, 3.05) is 47.8 Å². The van der Waals surface area contributed by atoms with Gasteiger partial charge in [0, 0.05) is 44.6 Å². The van der Waals surface area contributed by atoms with Crippen LogP contribution in [0.3, 0.4) is 0 Å². The SMILES string of the molecule is O=CO.OC1CCCN(c2ccnc(NCCN3CCc4ccccc43)n2)C1. The highest BCUT2D eigenvalue weighted by Gasteiger charge is 2.20. The minimum atomic E-state index is -0.254. The van der Waals surface area contributed by atoms with Gasteiger partial charge in [-0.15, -0.1) is 0 Å². The number of anilines is 3. The lowest BCUT2D eigenvalue weighted by molar-refractivity contribution is -0.122. The highest BCUT2D eigenvalue weighted by Crippen LogP contribution is 2.26. The highest BCUT2D eigenvalue weighted by atomic mass is 16.3. The van der Waals surface area contributed by atoms with Gasteiger partial charge in [0.2, 0.25) is 5.95 Å². The number of aliphatic hydroxyl groups is 1. The number of aliphatic hydroxyl groups excluding tert-OH is 1. The lowest BCUT2D eigenvalue weighted by Gasteiger charge is -2.31. The summed E-state index contributed by atoms with van der Waals surface area (Å²) in [6.07, 6.45) is 4.54. The van der Waals surface area contributed by atoms with Crippen molar-refractivity contribution in [3.05, 3.63) is 42.1 Å². The molecule has 8 heteroatoms. The molecule has 3 N–H and O–H groups in total. The van der Waals surface area contributed by atoms with Crippen LogP contribution < -0.4 is 15.1 Å². The predicted molar refractivity (Wildman–Crippen MR) is 109 cm³/mol. The third-order valence-electron chi connectivity index (χ3n) is 5.01. The number of hydrogen-bond donors (Lipinski definition) is 3. The standard InChI is InChI=1S/C19H25N5O.CH2O2/c25-16-5-3-11-24(14-16)18-7-9-20-19(22-18)21-10-13-23-12-8-15-4-1-2-6-17(15)23;2-1-3/h1-2,4,6-7,9,16,25H,3,5,8,10-14H2,(H,20,21,22);1H,(H,2,3). The van der Waals surface area contributed by atoms with Crippen molar-refractivity contribution in [3.8, 4) is 0 Å². The van der Waals surface area contributed by atoms with Gasteiger partial charge in [-0.3, -0.25) is 4.79 Å². The number of para-hydroxylation sites is 1. The molecule has 3 heterocycles. The fourth-order valence-electron chi connectivity index (χ4n) is 3.71. The highest BCUT2D eigenvalue weighted by molar-refractivity contribution is 5.57. The number of carboxylic acid groups (broad SMARTS) is 1. The van der Waals surface area contributed by atoms with Gasteiger partial charge in [-0.2, -0.15) is 4.98 Å². The molecule has 2 aliphatic rings. The van der Waals surface area contributed by atoms with Crippen LogP contribution in [0.4, 0.5) is 17.5 Å². The summed E-state index contributed by atoms with van der Waals surface area (Å²) >= 11 is 0. The predicted octanol–water partition coefficient (Wildman–Crippen LogP) is 1.61. The number of benzene rings is 1. The fourth-order valence-corrected chi connectivity index (χ4v) is 3.71. The summed E-state index contributed by atoms with van der Waals surface area (Å²) in [5, 5.41) is 20.1. The maximum absolute atomic E-state index is 9.85. The Balaban J connectivity index is 0.000000706. The average molecular weight is 385 g/mol. The summed E-state index contributed by atoms with van der Waals surface area (Å²) in [5.41, 5.74) is 2.78. The first-order chi connectivity index (χ1) is 13.7. The van der Waals surface area contributed by atoms with Crippen LogP contribution in [0.25, 0.3) is 0 Å². The molecule has 150 valence electrons. The molecule has 28 heavy (non-hydrogen) atoms. The number of fused-ring (bicyclic) bond motifs is 1. The molecule has 0 spiro atoms. The first kappa shape index (κ1) is 19.9. The van der Waals surface area contributed by atoms with Crippen molar-refractivity contribution in [3.63, 3.8) is 0 Å². The number of β-amino-alcohol motifs (C(OH)–C–C–N with tert-alkyl or cyclic N) is 1. The van der Waals surface area contributed by atoms with E-state index in [1.54, 1.807) is 6.20 Å². The van der Waals surface area contributed by atoms with Crippen LogP contribution in [0.1, 0.15) is 18.4 Å². The van der Waals surface area contributed by atoms with E-state index in [1.165, 1.54) is 11.3 Å². The lowest BCUT2D eigenvalue weighted by Crippen LogP contribution is -2.38. The Kier molecular flexibility index (Phi) is 7.02. The summed E-state index contributed by atoms with van der Waals surface area (Å²) in [7, 11) is 0. The van der Waals surface area contributed by atoms with Crippen molar-refractivity contribution >= 4 is 23.9 Å². The third-order valence-corrected chi connectivity index (χ3v) is 5.01. The molecule has 0 amide bonds. The quantitative estimate of drug-likeness (QED) is 0.668. The number of aromatic nitrogens is 2.